The van der Waals surface area contributed by atoms with Crippen molar-refractivity contribution in [1.82, 2.24) is 4.90 Å². The molecule has 1 saturated carbocycles. The third-order valence-electron chi connectivity index (χ3n) is 5.96. The average Bonchev–Trinajstić information content (AvgIpc) is 3.09. The minimum absolute atomic E-state index is 0.0303. The molecule has 1 aliphatic carbocycles. The first-order valence-electron chi connectivity index (χ1n) is 10.3. The van der Waals surface area contributed by atoms with Gasteiger partial charge in [0.15, 0.2) is 0 Å². The molecule has 1 saturated heterocycles. The molecule has 28 heavy (non-hydrogen) atoms. The van der Waals surface area contributed by atoms with Gasteiger partial charge in [-0.15, -0.1) is 0 Å². The fourth-order valence-corrected chi connectivity index (χ4v) is 4.80. The predicted molar refractivity (Wildman–Crippen MR) is 108 cm³/mol. The van der Waals surface area contributed by atoms with Gasteiger partial charge in [0, 0.05) is 31.2 Å². The molecule has 2 atom stereocenters. The lowest BCUT2D eigenvalue weighted by molar-refractivity contribution is -0.122. The number of hydrogen-bond acceptors (Lipinski definition) is 5. The standard InChI is InChI=1S/C21H33NO3.CH2O2/c1-3-12-25-19-8-7-17(13-18(19)15-23)14-22-11-5-10-21(16-22)9-4-6-20(21)24-2;2-1-3/h7-8,13,20,23H,3-6,9-12,14-16H2,1-2H3;1H,(H,2,3)/t20-,21-;/m1./s1. The Bertz CT molecular complexity index is 609. The molecular formula is C22H35NO5. The molecule has 1 aromatic carbocycles. The van der Waals surface area contributed by atoms with Crippen molar-refractivity contribution in [3.63, 3.8) is 0 Å². The van der Waals surface area contributed by atoms with Gasteiger partial charge in [-0.05, 0) is 56.3 Å². The molecule has 6 nitrogen and oxygen atoms in total. The fourth-order valence-electron chi connectivity index (χ4n) is 4.80. The second-order valence-electron chi connectivity index (χ2n) is 7.85. The first kappa shape index (κ1) is 22.7. The van der Waals surface area contributed by atoms with Gasteiger partial charge in [-0.25, -0.2) is 0 Å². The largest absolute Gasteiger partial charge is 0.493 e. The van der Waals surface area contributed by atoms with Crippen molar-refractivity contribution in [3.8, 4) is 5.75 Å². The number of aliphatic hydroxyl groups excluding tert-OH is 1. The molecule has 1 heterocycles. The van der Waals surface area contributed by atoms with E-state index in [0.29, 0.717) is 18.1 Å². The highest BCUT2D eigenvalue weighted by Crippen LogP contribution is 2.46. The number of nitrogens with zero attached hydrogens (tertiary/aromatic N) is 1. The minimum atomic E-state index is -0.250. The van der Waals surface area contributed by atoms with E-state index < -0.39 is 0 Å². The van der Waals surface area contributed by atoms with Crippen LogP contribution < -0.4 is 4.74 Å². The smallest absolute Gasteiger partial charge is 0.290 e. The van der Waals surface area contributed by atoms with Gasteiger partial charge < -0.3 is 19.7 Å². The number of hydrogen-bond donors (Lipinski definition) is 2. The lowest BCUT2D eigenvalue weighted by Crippen LogP contribution is -2.47. The summed E-state index contributed by atoms with van der Waals surface area (Å²) in [6.07, 6.45) is 7.76. The van der Waals surface area contributed by atoms with Crippen molar-refractivity contribution < 1.29 is 24.5 Å². The Morgan fingerprint density at radius 3 is 2.75 bits per heavy atom. The number of carboxylic acid groups (broad SMARTS) is 1. The summed E-state index contributed by atoms with van der Waals surface area (Å²) in [5, 5.41) is 16.6. The monoisotopic (exact) mass is 393 g/mol. The average molecular weight is 394 g/mol. The van der Waals surface area contributed by atoms with Crippen LogP contribution in [0.1, 0.15) is 56.6 Å². The third kappa shape index (κ3) is 5.69. The van der Waals surface area contributed by atoms with Gasteiger partial charge in [0.1, 0.15) is 5.75 Å². The minimum Gasteiger partial charge on any atom is -0.493 e. The lowest BCUT2D eigenvalue weighted by Gasteiger charge is -2.43. The first-order chi connectivity index (χ1) is 13.6. The van der Waals surface area contributed by atoms with Crippen molar-refractivity contribution in [2.75, 3.05) is 26.8 Å². The van der Waals surface area contributed by atoms with E-state index in [2.05, 4.69) is 24.0 Å². The van der Waals surface area contributed by atoms with E-state index in [1.54, 1.807) is 0 Å². The normalized spacial score (nSPS) is 24.6. The Labute approximate surface area is 168 Å². The molecule has 1 spiro atoms. The molecule has 0 aromatic heterocycles. The van der Waals surface area contributed by atoms with E-state index in [9.17, 15) is 5.11 Å². The highest BCUT2D eigenvalue weighted by Gasteiger charge is 2.45. The Morgan fingerprint density at radius 2 is 2.07 bits per heavy atom. The van der Waals surface area contributed by atoms with Crippen LogP contribution in [-0.4, -0.2) is 54.5 Å². The predicted octanol–water partition coefficient (Wildman–Crippen LogP) is 3.45. The van der Waals surface area contributed by atoms with Crippen LogP contribution in [0.25, 0.3) is 0 Å². The van der Waals surface area contributed by atoms with Gasteiger partial charge in [-0.3, -0.25) is 9.69 Å². The zero-order valence-corrected chi connectivity index (χ0v) is 17.2. The molecule has 0 unspecified atom stereocenters. The van der Waals surface area contributed by atoms with Crippen LogP contribution in [-0.2, 0) is 22.7 Å². The second-order valence-corrected chi connectivity index (χ2v) is 7.85. The quantitative estimate of drug-likeness (QED) is 0.691. The maximum atomic E-state index is 9.67. The summed E-state index contributed by atoms with van der Waals surface area (Å²) in [7, 11) is 1.87. The Kier molecular flexibility index (Phi) is 9.22. The maximum Gasteiger partial charge on any atom is 0.290 e. The summed E-state index contributed by atoms with van der Waals surface area (Å²) >= 11 is 0. The van der Waals surface area contributed by atoms with Crippen LogP contribution in [0.2, 0.25) is 0 Å². The Balaban J connectivity index is 0.000000878. The van der Waals surface area contributed by atoms with E-state index >= 15 is 0 Å². The molecule has 158 valence electrons. The van der Waals surface area contributed by atoms with E-state index in [0.717, 1.165) is 37.4 Å². The number of ether oxygens (including phenoxy) is 2. The number of benzene rings is 1. The zero-order chi connectivity index (χ0) is 20.4. The molecule has 2 N–H and O–H groups in total. The molecule has 2 aliphatic rings. The van der Waals surface area contributed by atoms with Gasteiger partial charge in [0.2, 0.25) is 0 Å². The number of piperidine rings is 1. The SMILES string of the molecule is CCCOc1ccc(CN2CCC[C@]3(CCC[C@H]3OC)C2)cc1CO.O=CO. The third-order valence-corrected chi connectivity index (χ3v) is 5.96. The van der Waals surface area contributed by atoms with Gasteiger partial charge in [0.25, 0.3) is 6.47 Å². The van der Waals surface area contributed by atoms with E-state index in [1.807, 2.05) is 13.2 Å². The Morgan fingerprint density at radius 1 is 1.32 bits per heavy atom. The van der Waals surface area contributed by atoms with Crippen molar-refractivity contribution >= 4 is 6.47 Å². The van der Waals surface area contributed by atoms with E-state index in [-0.39, 0.29) is 13.1 Å². The molecule has 1 aromatic rings. The van der Waals surface area contributed by atoms with Crippen LogP contribution in [0.4, 0.5) is 0 Å². The number of likely N-dealkylation sites (tertiary alicyclic amines) is 1. The number of methoxy groups -OCH3 is 1. The molecule has 1 aliphatic heterocycles. The Hall–Kier alpha value is -1.63. The van der Waals surface area contributed by atoms with Crippen molar-refractivity contribution in [1.29, 1.82) is 0 Å². The van der Waals surface area contributed by atoms with Gasteiger partial charge in [-0.1, -0.05) is 19.4 Å². The zero-order valence-electron chi connectivity index (χ0n) is 17.2. The molecule has 0 bridgehead atoms. The van der Waals surface area contributed by atoms with Gasteiger partial charge >= 0.3 is 0 Å². The van der Waals surface area contributed by atoms with Crippen LogP contribution in [0.3, 0.4) is 0 Å². The van der Waals surface area contributed by atoms with Crippen LogP contribution in [0, 0.1) is 5.41 Å². The van der Waals surface area contributed by atoms with E-state index in [1.165, 1.54) is 37.7 Å². The topological polar surface area (TPSA) is 79.2 Å². The highest BCUT2D eigenvalue weighted by molar-refractivity contribution is 5.37. The molecule has 6 heteroatoms. The number of carbonyl (C=O) groups is 1. The summed E-state index contributed by atoms with van der Waals surface area (Å²) in [5.41, 5.74) is 2.52. The summed E-state index contributed by atoms with van der Waals surface area (Å²) in [5.74, 6) is 0.818. The fraction of sp³-hybridized carbons (Fsp3) is 0.682. The molecule has 0 radical (unpaired) electrons. The van der Waals surface area contributed by atoms with E-state index in [4.69, 9.17) is 19.4 Å². The lowest BCUT2D eigenvalue weighted by atomic mass is 9.76. The summed E-state index contributed by atoms with van der Waals surface area (Å²) < 4.78 is 11.6. The van der Waals surface area contributed by atoms with Crippen LogP contribution >= 0.6 is 0 Å². The molecule has 2 fully saturated rings. The highest BCUT2D eigenvalue weighted by atomic mass is 16.5. The van der Waals surface area contributed by atoms with Gasteiger partial charge in [0.05, 0.1) is 19.3 Å². The van der Waals surface area contributed by atoms with Crippen molar-refractivity contribution in [2.24, 2.45) is 5.41 Å². The van der Waals surface area contributed by atoms with Gasteiger partial charge in [-0.2, -0.15) is 0 Å². The van der Waals surface area contributed by atoms with Crippen LogP contribution in [0.5, 0.6) is 5.75 Å². The van der Waals surface area contributed by atoms with Crippen molar-refractivity contribution in [3.05, 3.63) is 29.3 Å². The summed E-state index contributed by atoms with van der Waals surface area (Å²) in [4.78, 5) is 10.9. The number of rotatable bonds is 7. The molecule has 3 rings (SSSR count). The van der Waals surface area contributed by atoms with Crippen molar-refractivity contribution in [2.45, 2.75) is 64.7 Å². The summed E-state index contributed by atoms with van der Waals surface area (Å²) in [6.45, 7) is 5.80. The first-order valence-corrected chi connectivity index (χ1v) is 10.3. The second kappa shape index (κ2) is 11.4. The molecule has 0 amide bonds. The maximum absolute atomic E-state index is 9.67. The van der Waals surface area contributed by atoms with Crippen LogP contribution in [0.15, 0.2) is 18.2 Å². The number of aliphatic hydroxyl groups is 1. The molecular weight excluding hydrogens is 358 g/mol. The summed E-state index contributed by atoms with van der Waals surface area (Å²) in [6, 6.07) is 6.27.